The van der Waals surface area contributed by atoms with E-state index < -0.39 is 13.9 Å². The van der Waals surface area contributed by atoms with Crippen LogP contribution in [0.1, 0.15) is 10.4 Å². The Balaban J connectivity index is 2.15. The number of ketones is 1. The van der Waals surface area contributed by atoms with Gasteiger partial charge in [0.05, 0.1) is 10.6 Å². The molecule has 0 unspecified atom stereocenters. The number of nitrogens with zero attached hydrogens (tertiary/aromatic N) is 2. The average Bonchev–Trinajstić information content (AvgIpc) is 2.86. The zero-order valence-electron chi connectivity index (χ0n) is 13.0. The summed E-state index contributed by atoms with van der Waals surface area (Å²) in [4.78, 5) is 15.9. The summed E-state index contributed by atoms with van der Waals surface area (Å²) in [7, 11) is -1.09. The summed E-state index contributed by atoms with van der Waals surface area (Å²) in [5.41, 5.74) is 0.945. The number of aromatic nitrogens is 2. The molecular formula is C16H19ClN2O2Si. The van der Waals surface area contributed by atoms with Gasteiger partial charge < -0.3 is 9.30 Å². The molecule has 2 rings (SSSR count). The molecule has 2 heterocycles. The van der Waals surface area contributed by atoms with Crippen LogP contribution in [0.15, 0.2) is 18.5 Å². The van der Waals surface area contributed by atoms with E-state index in [2.05, 4.69) is 30.5 Å². The molecule has 0 amide bonds. The summed E-state index contributed by atoms with van der Waals surface area (Å²) < 4.78 is 7.59. The van der Waals surface area contributed by atoms with E-state index in [1.54, 1.807) is 0 Å². The molecule has 116 valence electrons. The number of halogens is 1. The van der Waals surface area contributed by atoms with Gasteiger partial charge in [-0.05, 0) is 18.0 Å². The highest BCUT2D eigenvalue weighted by Crippen LogP contribution is 2.26. The van der Waals surface area contributed by atoms with Crippen molar-refractivity contribution in [3.8, 4) is 12.3 Å². The zero-order chi connectivity index (χ0) is 16.3. The number of ether oxygens (including phenoxy) is 1. The lowest BCUT2D eigenvalue weighted by Crippen LogP contribution is -2.22. The van der Waals surface area contributed by atoms with Crippen molar-refractivity contribution in [2.75, 3.05) is 6.61 Å². The summed E-state index contributed by atoms with van der Waals surface area (Å²) in [6.45, 7) is 8.09. The molecule has 0 N–H and O–H groups in total. The first kappa shape index (κ1) is 16.8. The minimum Gasteiger partial charge on any atom is -0.361 e. The smallest absolute Gasteiger partial charge is 0.238 e. The van der Waals surface area contributed by atoms with Gasteiger partial charge in [-0.2, -0.15) is 0 Å². The topological polar surface area (TPSA) is 44.1 Å². The Kier molecular flexibility index (Phi) is 5.07. The van der Waals surface area contributed by atoms with Gasteiger partial charge in [-0.1, -0.05) is 31.2 Å². The molecule has 4 nitrogen and oxygen atoms in total. The quantitative estimate of drug-likeness (QED) is 0.265. The van der Waals surface area contributed by atoms with E-state index in [1.807, 2.05) is 16.8 Å². The van der Waals surface area contributed by atoms with Crippen molar-refractivity contribution in [3.63, 3.8) is 0 Å². The summed E-state index contributed by atoms with van der Waals surface area (Å²) in [5, 5.41) is 1.05. The fourth-order valence-electron chi connectivity index (χ4n) is 1.99. The second kappa shape index (κ2) is 6.65. The van der Waals surface area contributed by atoms with Crippen LogP contribution in [0.5, 0.6) is 0 Å². The first-order valence-electron chi connectivity index (χ1n) is 7.05. The molecule has 22 heavy (non-hydrogen) atoms. The normalized spacial score (nSPS) is 11.6. The summed E-state index contributed by atoms with van der Waals surface area (Å²) in [6, 6.07) is 2.93. The van der Waals surface area contributed by atoms with Crippen molar-refractivity contribution in [2.24, 2.45) is 0 Å². The van der Waals surface area contributed by atoms with Gasteiger partial charge in [-0.3, -0.25) is 4.79 Å². The number of pyridine rings is 1. The van der Waals surface area contributed by atoms with E-state index in [0.29, 0.717) is 22.8 Å². The number of rotatable bonds is 6. The van der Waals surface area contributed by atoms with Crippen LogP contribution in [0.3, 0.4) is 0 Å². The maximum atomic E-state index is 11.6. The first-order chi connectivity index (χ1) is 10.3. The highest BCUT2D eigenvalue weighted by molar-refractivity contribution is 6.76. The van der Waals surface area contributed by atoms with Gasteiger partial charge in [0.25, 0.3) is 0 Å². The molecule has 0 spiro atoms. The Hall–Kier alpha value is -1.61. The Bertz CT molecular complexity index is 741. The van der Waals surface area contributed by atoms with E-state index in [4.69, 9.17) is 22.8 Å². The van der Waals surface area contributed by atoms with Crippen molar-refractivity contribution in [1.82, 2.24) is 9.55 Å². The largest absolute Gasteiger partial charge is 0.361 e. The molecule has 0 fully saturated rings. The monoisotopic (exact) mass is 334 g/mol. The van der Waals surface area contributed by atoms with Gasteiger partial charge in [0, 0.05) is 32.5 Å². The lowest BCUT2D eigenvalue weighted by Gasteiger charge is -2.15. The van der Waals surface area contributed by atoms with Gasteiger partial charge in [0.15, 0.2) is 0 Å². The van der Waals surface area contributed by atoms with Crippen molar-refractivity contribution >= 4 is 36.5 Å². The van der Waals surface area contributed by atoms with Crippen LogP contribution in [0.25, 0.3) is 11.0 Å². The van der Waals surface area contributed by atoms with E-state index in [0.717, 1.165) is 12.7 Å². The molecule has 6 heteroatoms. The lowest BCUT2D eigenvalue weighted by molar-refractivity contribution is 0.0899. The van der Waals surface area contributed by atoms with Crippen molar-refractivity contribution < 1.29 is 9.53 Å². The Morgan fingerprint density at radius 3 is 2.86 bits per heavy atom. The highest BCUT2D eigenvalue weighted by atomic mass is 35.5. The Morgan fingerprint density at radius 1 is 1.50 bits per heavy atom. The van der Waals surface area contributed by atoms with Crippen LogP contribution in [0.4, 0.5) is 0 Å². The second-order valence-corrected chi connectivity index (χ2v) is 12.3. The molecular weight excluding hydrogens is 316 g/mol. The maximum absolute atomic E-state index is 11.6. The van der Waals surface area contributed by atoms with Crippen LogP contribution >= 0.6 is 11.6 Å². The third-order valence-electron chi connectivity index (χ3n) is 3.33. The minimum absolute atomic E-state index is 0.258. The average molecular weight is 335 g/mol. The highest BCUT2D eigenvalue weighted by Gasteiger charge is 2.15. The van der Waals surface area contributed by atoms with Gasteiger partial charge in [-0.15, -0.1) is 6.42 Å². The van der Waals surface area contributed by atoms with Gasteiger partial charge in [-0.25, -0.2) is 4.98 Å². The van der Waals surface area contributed by atoms with Crippen molar-refractivity contribution in [1.29, 1.82) is 0 Å². The Labute approximate surface area is 136 Å². The molecule has 0 bridgehead atoms. The SMILES string of the molecule is C#CC(=O)c1cnc2c(ccn2COCC[Si](C)(C)C)c1Cl. The number of hydrogen-bond acceptors (Lipinski definition) is 3. The molecule has 0 saturated heterocycles. The number of terminal acetylenes is 1. The molecule has 2 aromatic heterocycles. The minimum atomic E-state index is -1.09. The number of carbonyl (C=O) groups is 1. The molecule has 0 aromatic carbocycles. The second-order valence-electron chi connectivity index (χ2n) is 6.33. The van der Waals surface area contributed by atoms with Crippen LogP contribution < -0.4 is 0 Å². The van der Waals surface area contributed by atoms with E-state index in [1.165, 1.54) is 6.20 Å². The summed E-state index contributed by atoms with van der Waals surface area (Å²) in [5.74, 6) is 1.60. The number of Topliss-reactive ketones (excluding diaryl/α,β-unsaturated/α-hetero) is 1. The van der Waals surface area contributed by atoms with E-state index >= 15 is 0 Å². The van der Waals surface area contributed by atoms with Gasteiger partial charge >= 0.3 is 0 Å². The molecule has 0 saturated carbocycles. The fraction of sp³-hybridized carbons (Fsp3) is 0.375. The third-order valence-corrected chi connectivity index (χ3v) is 5.44. The predicted octanol–water partition coefficient (Wildman–Crippen LogP) is 3.82. The summed E-state index contributed by atoms with van der Waals surface area (Å²) >= 11 is 6.24. The maximum Gasteiger partial charge on any atom is 0.238 e. The van der Waals surface area contributed by atoms with Gasteiger partial charge in [0.2, 0.25) is 5.78 Å². The number of hydrogen-bond donors (Lipinski definition) is 0. The van der Waals surface area contributed by atoms with Crippen LogP contribution in [-0.2, 0) is 11.5 Å². The molecule has 0 aliphatic carbocycles. The lowest BCUT2D eigenvalue weighted by atomic mass is 10.1. The van der Waals surface area contributed by atoms with Gasteiger partial charge in [0.1, 0.15) is 12.4 Å². The van der Waals surface area contributed by atoms with Crippen molar-refractivity contribution in [2.45, 2.75) is 32.4 Å². The molecule has 0 aliphatic heterocycles. The van der Waals surface area contributed by atoms with Crippen LogP contribution in [-0.4, -0.2) is 30.0 Å². The standard InChI is InChI=1S/C16H19ClN2O2Si/c1-5-14(20)13-10-18-16-12(15(13)17)6-7-19(16)11-21-8-9-22(2,3)4/h1,6-7,10H,8-9,11H2,2-4H3. The zero-order valence-corrected chi connectivity index (χ0v) is 14.8. The van der Waals surface area contributed by atoms with E-state index in [-0.39, 0.29) is 5.56 Å². The Morgan fingerprint density at radius 2 is 2.23 bits per heavy atom. The van der Waals surface area contributed by atoms with E-state index in [9.17, 15) is 4.79 Å². The summed E-state index contributed by atoms with van der Waals surface area (Å²) in [6.07, 6.45) is 8.40. The fourth-order valence-corrected chi connectivity index (χ4v) is 3.03. The molecule has 0 aliphatic rings. The molecule has 0 radical (unpaired) electrons. The molecule has 0 atom stereocenters. The number of carbonyl (C=O) groups excluding carboxylic acids is 1. The third kappa shape index (κ3) is 3.77. The van der Waals surface area contributed by atoms with Crippen LogP contribution in [0.2, 0.25) is 30.7 Å². The first-order valence-corrected chi connectivity index (χ1v) is 11.1. The predicted molar refractivity (Wildman–Crippen MR) is 92.0 cm³/mol. The number of fused-ring (bicyclic) bond motifs is 1. The van der Waals surface area contributed by atoms with Crippen molar-refractivity contribution in [3.05, 3.63) is 29.0 Å². The van der Waals surface area contributed by atoms with Crippen LogP contribution in [0, 0.1) is 12.3 Å². The molecule has 2 aromatic rings.